The van der Waals surface area contributed by atoms with Crippen LogP contribution in [-0.4, -0.2) is 65.7 Å². The summed E-state index contributed by atoms with van der Waals surface area (Å²) in [6, 6.07) is 0. The number of carbonyl (C=O) groups excluding carboxylic acids is 2. The van der Waals surface area contributed by atoms with E-state index in [9.17, 15) is 24.2 Å². The highest BCUT2D eigenvalue weighted by Crippen LogP contribution is 2.43. The number of allylic oxidation sites excluding steroid dienone is 1. The van der Waals surface area contributed by atoms with E-state index < -0.39 is 51.8 Å². The Hall–Kier alpha value is -1.29. The number of esters is 2. The molecule has 0 fully saturated rings. The Balaban J connectivity index is 4.47. The molecule has 0 aliphatic rings. The molecule has 1 unspecified atom stereocenters. The van der Waals surface area contributed by atoms with E-state index in [2.05, 4.69) is 18.4 Å². The highest BCUT2D eigenvalue weighted by atomic mass is 31.2. The van der Waals surface area contributed by atoms with E-state index >= 15 is 0 Å². The number of aliphatic hydroxyl groups is 2. The van der Waals surface area contributed by atoms with Crippen molar-refractivity contribution in [1.29, 1.82) is 0 Å². The van der Waals surface area contributed by atoms with Gasteiger partial charge in [-0.15, -0.1) is 0 Å². The Labute approximate surface area is 260 Å². The van der Waals surface area contributed by atoms with Crippen LogP contribution in [0.3, 0.4) is 0 Å². The third-order valence-electron chi connectivity index (χ3n) is 6.95. The Morgan fingerprint density at radius 1 is 0.698 bits per heavy atom. The second kappa shape index (κ2) is 29.4. The molecule has 43 heavy (non-hydrogen) atoms. The van der Waals surface area contributed by atoms with E-state index in [0.29, 0.717) is 6.42 Å². The van der Waals surface area contributed by atoms with Gasteiger partial charge in [0.05, 0.1) is 26.2 Å². The van der Waals surface area contributed by atoms with Gasteiger partial charge in [0.15, 0.2) is 6.10 Å². The van der Waals surface area contributed by atoms with Crippen molar-refractivity contribution < 1.29 is 47.8 Å². The lowest BCUT2D eigenvalue weighted by molar-refractivity contribution is -0.160. The monoisotopic (exact) mass is 636 g/mol. The molecule has 0 aromatic heterocycles. The molecule has 0 spiro atoms. The fourth-order valence-corrected chi connectivity index (χ4v) is 5.12. The van der Waals surface area contributed by atoms with Crippen LogP contribution in [0.1, 0.15) is 142 Å². The van der Waals surface area contributed by atoms with Gasteiger partial charge in [-0.25, -0.2) is 4.57 Å². The molecule has 0 heterocycles. The van der Waals surface area contributed by atoms with Crippen molar-refractivity contribution in [3.63, 3.8) is 0 Å². The van der Waals surface area contributed by atoms with E-state index in [1.54, 1.807) is 6.08 Å². The van der Waals surface area contributed by atoms with Crippen LogP contribution in [-0.2, 0) is 32.7 Å². The second-order valence-corrected chi connectivity index (χ2v) is 12.7. The van der Waals surface area contributed by atoms with Crippen LogP contribution in [0, 0.1) is 0 Å². The fraction of sp³-hybridized carbons (Fsp3) is 0.875. The normalized spacial score (nSPS) is 14.4. The van der Waals surface area contributed by atoms with Gasteiger partial charge >= 0.3 is 19.8 Å². The molecule has 11 heteroatoms. The molecule has 3 N–H and O–H groups in total. The fourth-order valence-electron chi connectivity index (χ4n) is 4.33. The van der Waals surface area contributed by atoms with E-state index in [4.69, 9.17) is 19.1 Å². The number of hydrogen-bond donors (Lipinski definition) is 3. The Morgan fingerprint density at radius 3 is 1.77 bits per heavy atom. The molecular formula is C32H61O10P. The van der Waals surface area contributed by atoms with Gasteiger partial charge in [0.2, 0.25) is 0 Å². The molecule has 0 radical (unpaired) electrons. The van der Waals surface area contributed by atoms with Crippen LogP contribution in [0.15, 0.2) is 12.2 Å². The smallest absolute Gasteiger partial charge is 0.461 e. The first-order chi connectivity index (χ1) is 20.7. The molecule has 0 saturated heterocycles. The zero-order chi connectivity index (χ0) is 32.0. The maximum atomic E-state index is 12.4. The van der Waals surface area contributed by atoms with Crippen molar-refractivity contribution in [3.8, 4) is 0 Å². The van der Waals surface area contributed by atoms with Gasteiger partial charge in [-0.1, -0.05) is 122 Å². The quantitative estimate of drug-likeness (QED) is 0.0306. The molecule has 0 aliphatic carbocycles. The standard InChI is InChI=1S/C32H61O10P/c1-3-5-7-9-11-13-14-15-16-18-20-22-24-32(36)42-30(28-41-43(37,38)40-26-29(34)25-33)27-39-31(35)23-21-19-17-12-10-8-6-4-2/h19,21,29-30,33-34H,3-18,20,22-28H2,1-2H3,(H,37,38)/b21-19+/t29-,30+/m0/s1. The first-order valence-corrected chi connectivity index (χ1v) is 18.1. The molecule has 0 aromatic rings. The molecule has 0 saturated carbocycles. The zero-order valence-corrected chi connectivity index (χ0v) is 27.8. The summed E-state index contributed by atoms with van der Waals surface area (Å²) in [7, 11) is -4.60. The number of hydrogen-bond acceptors (Lipinski definition) is 9. The number of carbonyl (C=O) groups is 2. The molecule has 254 valence electrons. The predicted octanol–water partition coefficient (Wildman–Crippen LogP) is 7.33. The summed E-state index contributed by atoms with van der Waals surface area (Å²) >= 11 is 0. The summed E-state index contributed by atoms with van der Waals surface area (Å²) < 4.78 is 32.3. The van der Waals surface area contributed by atoms with Crippen molar-refractivity contribution in [2.75, 3.05) is 26.4 Å². The predicted molar refractivity (Wildman–Crippen MR) is 168 cm³/mol. The summed E-state index contributed by atoms with van der Waals surface area (Å²) in [4.78, 5) is 34.5. The van der Waals surface area contributed by atoms with Crippen molar-refractivity contribution in [2.45, 2.75) is 154 Å². The minimum Gasteiger partial charge on any atom is -0.461 e. The van der Waals surface area contributed by atoms with Gasteiger partial charge in [0, 0.05) is 6.42 Å². The Morgan fingerprint density at radius 2 is 1.21 bits per heavy atom. The maximum Gasteiger partial charge on any atom is 0.472 e. The average molecular weight is 637 g/mol. The summed E-state index contributed by atoms with van der Waals surface area (Å²) in [5.74, 6) is -1.03. The highest BCUT2D eigenvalue weighted by Gasteiger charge is 2.27. The molecule has 3 atom stereocenters. The zero-order valence-electron chi connectivity index (χ0n) is 26.9. The van der Waals surface area contributed by atoms with Crippen LogP contribution in [0.5, 0.6) is 0 Å². The summed E-state index contributed by atoms with van der Waals surface area (Å²) in [5.41, 5.74) is 0. The molecule has 0 amide bonds. The highest BCUT2D eigenvalue weighted by molar-refractivity contribution is 7.47. The molecule has 0 aliphatic heterocycles. The van der Waals surface area contributed by atoms with Gasteiger partial charge in [0.25, 0.3) is 0 Å². The van der Waals surface area contributed by atoms with Gasteiger partial charge < -0.3 is 24.6 Å². The first-order valence-electron chi connectivity index (χ1n) is 16.6. The molecule has 0 aromatic carbocycles. The lowest BCUT2D eigenvalue weighted by Gasteiger charge is -2.20. The topological polar surface area (TPSA) is 149 Å². The lowest BCUT2D eigenvalue weighted by atomic mass is 10.0. The second-order valence-electron chi connectivity index (χ2n) is 11.2. The van der Waals surface area contributed by atoms with Crippen molar-refractivity contribution in [1.82, 2.24) is 0 Å². The summed E-state index contributed by atoms with van der Waals surface area (Å²) in [5, 5.41) is 18.2. The Kier molecular flexibility index (Phi) is 28.5. The first kappa shape index (κ1) is 41.7. The van der Waals surface area contributed by atoms with Gasteiger partial charge in [-0.05, 0) is 19.3 Å². The molecule has 0 rings (SSSR count). The van der Waals surface area contributed by atoms with Crippen LogP contribution in [0.25, 0.3) is 0 Å². The van der Waals surface area contributed by atoms with Gasteiger partial charge in [0.1, 0.15) is 12.7 Å². The van der Waals surface area contributed by atoms with Gasteiger partial charge in [-0.3, -0.25) is 18.6 Å². The summed E-state index contributed by atoms with van der Waals surface area (Å²) in [6.07, 6.45) is 22.3. The van der Waals surface area contributed by atoms with E-state index in [-0.39, 0.29) is 19.4 Å². The average Bonchev–Trinajstić information content (AvgIpc) is 2.99. The maximum absolute atomic E-state index is 12.4. The minimum absolute atomic E-state index is 0.0655. The number of phosphoric acid groups is 1. The van der Waals surface area contributed by atoms with E-state index in [0.717, 1.165) is 38.5 Å². The number of aliphatic hydroxyl groups excluding tert-OH is 2. The van der Waals surface area contributed by atoms with Crippen LogP contribution in [0.2, 0.25) is 0 Å². The van der Waals surface area contributed by atoms with Crippen LogP contribution >= 0.6 is 7.82 Å². The minimum atomic E-state index is -4.60. The number of rotatable bonds is 31. The third kappa shape index (κ3) is 29.2. The van der Waals surface area contributed by atoms with Gasteiger partial charge in [-0.2, -0.15) is 0 Å². The molecule has 10 nitrogen and oxygen atoms in total. The van der Waals surface area contributed by atoms with Crippen molar-refractivity contribution in [2.24, 2.45) is 0 Å². The third-order valence-corrected chi connectivity index (χ3v) is 7.90. The van der Waals surface area contributed by atoms with Crippen molar-refractivity contribution in [3.05, 3.63) is 12.2 Å². The number of phosphoric ester groups is 1. The largest absolute Gasteiger partial charge is 0.472 e. The van der Waals surface area contributed by atoms with E-state index in [1.165, 1.54) is 70.6 Å². The SMILES string of the molecule is CCCCCCC/C=C/CC(=O)OC[C@H](COP(=O)(O)OC[C@@H](O)CO)OC(=O)CCCCCCCCCCCCCC. The summed E-state index contributed by atoms with van der Waals surface area (Å²) in [6.45, 7) is 2.24. The van der Waals surface area contributed by atoms with Crippen LogP contribution < -0.4 is 0 Å². The van der Waals surface area contributed by atoms with E-state index in [1.807, 2.05) is 6.08 Å². The lowest BCUT2D eigenvalue weighted by Crippen LogP contribution is -2.29. The number of ether oxygens (including phenoxy) is 2. The molecule has 0 bridgehead atoms. The number of unbranched alkanes of at least 4 members (excludes halogenated alkanes) is 16. The Bertz CT molecular complexity index is 746. The molecular weight excluding hydrogens is 575 g/mol. The van der Waals surface area contributed by atoms with Crippen molar-refractivity contribution >= 4 is 19.8 Å². The van der Waals surface area contributed by atoms with Crippen LogP contribution in [0.4, 0.5) is 0 Å².